The molecule has 1 aromatic rings. The van der Waals surface area contributed by atoms with Crippen LogP contribution in [0, 0.1) is 0 Å². The van der Waals surface area contributed by atoms with E-state index in [0.29, 0.717) is 38.5 Å². The van der Waals surface area contributed by atoms with E-state index < -0.39 is 12.7 Å². The second-order valence-corrected chi connectivity index (χ2v) is 4.72. The molecule has 4 nitrogen and oxygen atoms in total. The molecule has 0 unspecified atom stereocenters. The molecule has 0 aromatic carbocycles. The minimum Gasteiger partial charge on any atom is -0.384 e. The normalized spacial score (nSPS) is 18.7. The van der Waals surface area contributed by atoms with Gasteiger partial charge in [-0.25, -0.2) is 4.98 Å². The lowest BCUT2D eigenvalue weighted by atomic mass is 10.2. The van der Waals surface area contributed by atoms with E-state index in [9.17, 15) is 13.2 Å². The number of aromatic nitrogens is 1. The molecule has 1 aliphatic rings. The van der Waals surface area contributed by atoms with E-state index in [1.54, 1.807) is 6.07 Å². The molecular weight excluding hydrogens is 257 g/mol. The van der Waals surface area contributed by atoms with Crippen molar-refractivity contribution < 1.29 is 13.2 Å². The Morgan fingerprint density at radius 1 is 1.11 bits per heavy atom. The summed E-state index contributed by atoms with van der Waals surface area (Å²) in [6.07, 6.45) is -4.11. The Morgan fingerprint density at radius 3 is 2.32 bits per heavy atom. The van der Waals surface area contributed by atoms with Crippen molar-refractivity contribution in [3.05, 3.63) is 23.9 Å². The fraction of sp³-hybridized carbons (Fsp3) is 0.583. The number of nitrogens with zero attached hydrogens (tertiary/aromatic N) is 3. The zero-order valence-corrected chi connectivity index (χ0v) is 10.5. The number of nitrogens with two attached hydrogens (primary N) is 1. The number of anilines is 1. The zero-order chi connectivity index (χ0) is 13.9. The molecular formula is C12H17F3N4. The highest BCUT2D eigenvalue weighted by Gasteiger charge is 2.32. The van der Waals surface area contributed by atoms with E-state index in [2.05, 4.69) is 9.88 Å². The lowest BCUT2D eigenvalue weighted by molar-refractivity contribution is -0.149. The molecule has 0 radical (unpaired) electrons. The molecule has 1 saturated heterocycles. The first-order valence-corrected chi connectivity index (χ1v) is 6.15. The summed E-state index contributed by atoms with van der Waals surface area (Å²) in [5.41, 5.74) is 6.44. The average Bonchev–Trinajstić information content (AvgIpc) is 2.30. The quantitative estimate of drug-likeness (QED) is 0.903. The number of nitrogen functional groups attached to an aromatic ring is 1. The van der Waals surface area contributed by atoms with Gasteiger partial charge in [0.1, 0.15) is 5.82 Å². The smallest absolute Gasteiger partial charge is 0.384 e. The summed E-state index contributed by atoms with van der Waals surface area (Å²) in [7, 11) is 0. The van der Waals surface area contributed by atoms with Crippen molar-refractivity contribution in [2.45, 2.75) is 12.7 Å². The maximum absolute atomic E-state index is 12.2. The minimum absolute atomic E-state index is 0.432. The lowest BCUT2D eigenvalue weighted by Gasteiger charge is -2.34. The summed E-state index contributed by atoms with van der Waals surface area (Å²) in [6.45, 7) is 1.91. The lowest BCUT2D eigenvalue weighted by Crippen LogP contribution is -2.48. The van der Waals surface area contributed by atoms with Gasteiger partial charge in [-0.3, -0.25) is 9.80 Å². The predicted molar refractivity (Wildman–Crippen MR) is 66.4 cm³/mol. The molecule has 2 N–H and O–H groups in total. The largest absolute Gasteiger partial charge is 0.401 e. The minimum atomic E-state index is -4.11. The van der Waals surface area contributed by atoms with Gasteiger partial charge in [-0.05, 0) is 12.1 Å². The zero-order valence-electron chi connectivity index (χ0n) is 10.5. The van der Waals surface area contributed by atoms with Crippen LogP contribution in [0.2, 0.25) is 0 Å². The highest BCUT2D eigenvalue weighted by Crippen LogP contribution is 2.18. The van der Waals surface area contributed by atoms with Gasteiger partial charge in [0, 0.05) is 32.7 Å². The van der Waals surface area contributed by atoms with Crippen LogP contribution in [0.25, 0.3) is 0 Å². The fourth-order valence-corrected chi connectivity index (χ4v) is 2.17. The number of pyridine rings is 1. The van der Waals surface area contributed by atoms with Gasteiger partial charge in [0.25, 0.3) is 0 Å². The Morgan fingerprint density at radius 2 is 1.74 bits per heavy atom. The van der Waals surface area contributed by atoms with Crippen LogP contribution in [-0.4, -0.2) is 53.7 Å². The van der Waals surface area contributed by atoms with E-state index >= 15 is 0 Å². The standard InChI is InChI=1S/C12H17F3N4/c13-12(14,15)9-19-6-4-18(5-7-19)8-10-2-1-3-11(16)17-10/h1-3H,4-9H2,(H2,16,17). The first-order chi connectivity index (χ1) is 8.92. The molecule has 1 fully saturated rings. The maximum Gasteiger partial charge on any atom is 0.401 e. The molecule has 0 amide bonds. The number of halogens is 3. The maximum atomic E-state index is 12.2. The van der Waals surface area contributed by atoms with Crippen molar-refractivity contribution in [2.24, 2.45) is 0 Å². The number of hydrogen-bond donors (Lipinski definition) is 1. The topological polar surface area (TPSA) is 45.4 Å². The first-order valence-electron chi connectivity index (χ1n) is 6.15. The van der Waals surface area contributed by atoms with Gasteiger partial charge < -0.3 is 5.73 Å². The van der Waals surface area contributed by atoms with E-state index in [0.717, 1.165) is 5.69 Å². The fourth-order valence-electron chi connectivity index (χ4n) is 2.17. The second-order valence-electron chi connectivity index (χ2n) is 4.72. The molecule has 0 atom stereocenters. The monoisotopic (exact) mass is 274 g/mol. The Kier molecular flexibility index (Phi) is 4.26. The summed E-state index contributed by atoms with van der Waals surface area (Å²) in [4.78, 5) is 7.71. The number of alkyl halides is 3. The molecule has 2 heterocycles. The van der Waals surface area contributed by atoms with Gasteiger partial charge in [0.15, 0.2) is 0 Å². The number of rotatable bonds is 3. The van der Waals surface area contributed by atoms with Crippen LogP contribution in [0.4, 0.5) is 19.0 Å². The van der Waals surface area contributed by atoms with Crippen LogP contribution in [0.1, 0.15) is 5.69 Å². The summed E-state index contributed by atoms with van der Waals surface area (Å²) >= 11 is 0. The van der Waals surface area contributed by atoms with Crippen molar-refractivity contribution in [3.63, 3.8) is 0 Å². The summed E-state index contributed by atoms with van der Waals surface area (Å²) in [6, 6.07) is 5.42. The Balaban J connectivity index is 1.80. The van der Waals surface area contributed by atoms with Gasteiger partial charge in [-0.1, -0.05) is 6.07 Å². The third-order valence-corrected chi connectivity index (χ3v) is 3.08. The SMILES string of the molecule is Nc1cccc(CN2CCN(CC(F)(F)F)CC2)n1. The van der Waals surface area contributed by atoms with Gasteiger partial charge in [0.05, 0.1) is 12.2 Å². The molecule has 1 aromatic heterocycles. The van der Waals surface area contributed by atoms with Crippen molar-refractivity contribution in [2.75, 3.05) is 38.5 Å². The second kappa shape index (κ2) is 5.75. The molecule has 2 rings (SSSR count). The molecule has 0 aliphatic carbocycles. The molecule has 106 valence electrons. The molecule has 0 saturated carbocycles. The Hall–Kier alpha value is -1.34. The van der Waals surface area contributed by atoms with Gasteiger partial charge in [0.2, 0.25) is 0 Å². The van der Waals surface area contributed by atoms with Crippen molar-refractivity contribution in [1.82, 2.24) is 14.8 Å². The van der Waals surface area contributed by atoms with Crippen LogP contribution in [-0.2, 0) is 6.54 Å². The highest BCUT2D eigenvalue weighted by atomic mass is 19.4. The molecule has 0 bridgehead atoms. The highest BCUT2D eigenvalue weighted by molar-refractivity contribution is 5.28. The predicted octanol–water partition coefficient (Wildman–Crippen LogP) is 1.34. The summed E-state index contributed by atoms with van der Waals surface area (Å²) in [5, 5.41) is 0. The third-order valence-electron chi connectivity index (χ3n) is 3.08. The molecule has 19 heavy (non-hydrogen) atoms. The summed E-state index contributed by atoms with van der Waals surface area (Å²) < 4.78 is 36.7. The average molecular weight is 274 g/mol. The number of hydrogen-bond acceptors (Lipinski definition) is 4. The van der Waals surface area contributed by atoms with Crippen molar-refractivity contribution in [1.29, 1.82) is 0 Å². The van der Waals surface area contributed by atoms with Crippen LogP contribution in [0.3, 0.4) is 0 Å². The molecule has 7 heteroatoms. The Bertz CT molecular complexity index is 414. The number of piperazine rings is 1. The van der Waals surface area contributed by atoms with Crippen LogP contribution >= 0.6 is 0 Å². The van der Waals surface area contributed by atoms with Crippen LogP contribution < -0.4 is 5.73 Å². The Labute approximate surface area is 110 Å². The van der Waals surface area contributed by atoms with Gasteiger partial charge in [-0.15, -0.1) is 0 Å². The molecule has 0 spiro atoms. The summed E-state index contributed by atoms with van der Waals surface area (Å²) in [5.74, 6) is 0.466. The van der Waals surface area contributed by atoms with Crippen LogP contribution in [0.15, 0.2) is 18.2 Å². The van der Waals surface area contributed by atoms with Crippen LogP contribution in [0.5, 0.6) is 0 Å². The van der Waals surface area contributed by atoms with E-state index in [1.807, 2.05) is 12.1 Å². The van der Waals surface area contributed by atoms with Gasteiger partial charge >= 0.3 is 6.18 Å². The van der Waals surface area contributed by atoms with Gasteiger partial charge in [-0.2, -0.15) is 13.2 Å². The first kappa shape index (κ1) is 14.1. The third kappa shape index (κ3) is 4.68. The van der Waals surface area contributed by atoms with E-state index in [-0.39, 0.29) is 0 Å². The van der Waals surface area contributed by atoms with E-state index in [4.69, 9.17) is 5.73 Å². The van der Waals surface area contributed by atoms with Crippen molar-refractivity contribution in [3.8, 4) is 0 Å². The molecule has 1 aliphatic heterocycles. The van der Waals surface area contributed by atoms with E-state index in [1.165, 1.54) is 4.90 Å². The van der Waals surface area contributed by atoms with Crippen molar-refractivity contribution >= 4 is 5.82 Å².